The van der Waals surface area contributed by atoms with Crippen LogP contribution in [0.15, 0.2) is 59.2 Å². The molecule has 1 aliphatic rings. The van der Waals surface area contributed by atoms with Crippen molar-refractivity contribution >= 4 is 45.7 Å². The lowest BCUT2D eigenvalue weighted by Gasteiger charge is -2.11. The normalized spacial score (nSPS) is 12.4. The highest BCUT2D eigenvalue weighted by atomic mass is 32.2. The molecule has 31 heavy (non-hydrogen) atoms. The molecular formula is C22H23N3O5S. The van der Waals surface area contributed by atoms with Crippen molar-refractivity contribution in [3.8, 4) is 11.5 Å². The van der Waals surface area contributed by atoms with Gasteiger partial charge >= 0.3 is 5.97 Å². The predicted octanol–water partition coefficient (Wildman–Crippen LogP) is 3.98. The van der Waals surface area contributed by atoms with E-state index in [0.717, 1.165) is 11.4 Å². The van der Waals surface area contributed by atoms with Crippen LogP contribution < -0.4 is 20.1 Å². The molecule has 2 aromatic rings. The summed E-state index contributed by atoms with van der Waals surface area (Å²) < 4.78 is 15.3. The van der Waals surface area contributed by atoms with Gasteiger partial charge in [0.1, 0.15) is 11.5 Å². The van der Waals surface area contributed by atoms with Crippen LogP contribution in [0.5, 0.6) is 11.5 Å². The zero-order valence-corrected chi connectivity index (χ0v) is 18.2. The van der Waals surface area contributed by atoms with Crippen LogP contribution in [0.3, 0.4) is 0 Å². The van der Waals surface area contributed by atoms with Crippen LogP contribution in [-0.2, 0) is 14.3 Å². The largest absolute Gasteiger partial charge is 0.497 e. The SMILES string of the molecule is COC(=O)CC1=CC(SCC(=O)Nc2cc(OC)ccc2OC)=Nc2ccccc2N1. The Morgan fingerprint density at radius 1 is 1.10 bits per heavy atom. The quantitative estimate of drug-likeness (QED) is 0.627. The van der Waals surface area contributed by atoms with Gasteiger partial charge in [0, 0.05) is 11.8 Å². The number of ether oxygens (including phenoxy) is 3. The summed E-state index contributed by atoms with van der Waals surface area (Å²) in [5.41, 5.74) is 2.65. The molecule has 0 aromatic heterocycles. The van der Waals surface area contributed by atoms with Gasteiger partial charge in [0.05, 0.1) is 55.6 Å². The van der Waals surface area contributed by atoms with E-state index in [0.29, 0.717) is 27.9 Å². The van der Waals surface area contributed by atoms with Crippen LogP contribution in [0.4, 0.5) is 17.1 Å². The molecule has 0 fully saturated rings. The third kappa shape index (κ3) is 6.02. The van der Waals surface area contributed by atoms with Crippen LogP contribution >= 0.6 is 11.8 Å². The van der Waals surface area contributed by atoms with Crippen molar-refractivity contribution in [1.82, 2.24) is 0 Å². The van der Waals surface area contributed by atoms with E-state index in [-0.39, 0.29) is 24.1 Å². The van der Waals surface area contributed by atoms with Gasteiger partial charge < -0.3 is 24.8 Å². The third-order valence-corrected chi connectivity index (χ3v) is 5.23. The number of hydrogen-bond acceptors (Lipinski definition) is 8. The number of hydrogen-bond donors (Lipinski definition) is 2. The first-order valence-corrected chi connectivity index (χ1v) is 10.4. The van der Waals surface area contributed by atoms with Gasteiger partial charge in [-0.1, -0.05) is 23.9 Å². The molecular weight excluding hydrogens is 418 g/mol. The lowest BCUT2D eigenvalue weighted by Crippen LogP contribution is -2.16. The molecule has 162 valence electrons. The number of anilines is 2. The van der Waals surface area contributed by atoms with E-state index >= 15 is 0 Å². The van der Waals surface area contributed by atoms with Gasteiger partial charge in [0.25, 0.3) is 0 Å². The van der Waals surface area contributed by atoms with Crippen molar-refractivity contribution < 1.29 is 23.8 Å². The maximum absolute atomic E-state index is 12.6. The predicted molar refractivity (Wildman–Crippen MR) is 123 cm³/mol. The molecule has 0 radical (unpaired) electrons. The Hall–Kier alpha value is -3.46. The highest BCUT2D eigenvalue weighted by molar-refractivity contribution is 8.14. The van der Waals surface area contributed by atoms with E-state index in [1.807, 2.05) is 24.3 Å². The van der Waals surface area contributed by atoms with Crippen molar-refractivity contribution in [2.24, 2.45) is 4.99 Å². The number of fused-ring (bicyclic) bond motifs is 1. The average Bonchev–Trinajstić information content (AvgIpc) is 2.95. The molecule has 0 unspecified atom stereocenters. The second kappa shape index (κ2) is 10.5. The van der Waals surface area contributed by atoms with Crippen LogP contribution in [0, 0.1) is 0 Å². The van der Waals surface area contributed by atoms with Crippen LogP contribution in [0.1, 0.15) is 6.42 Å². The third-order valence-electron chi connectivity index (χ3n) is 4.32. The van der Waals surface area contributed by atoms with Crippen molar-refractivity contribution in [2.75, 3.05) is 37.7 Å². The monoisotopic (exact) mass is 441 g/mol. The number of aliphatic imine (C=N–C) groups is 1. The molecule has 1 amide bonds. The number of methoxy groups -OCH3 is 3. The lowest BCUT2D eigenvalue weighted by atomic mass is 10.2. The molecule has 1 aliphatic heterocycles. The zero-order valence-electron chi connectivity index (χ0n) is 17.4. The van der Waals surface area contributed by atoms with E-state index in [1.165, 1.54) is 26.0 Å². The first-order valence-electron chi connectivity index (χ1n) is 9.39. The Bertz CT molecular complexity index is 1040. The van der Waals surface area contributed by atoms with Crippen LogP contribution in [0.2, 0.25) is 0 Å². The Labute approximate surface area is 184 Å². The smallest absolute Gasteiger partial charge is 0.311 e. The fourth-order valence-electron chi connectivity index (χ4n) is 2.82. The van der Waals surface area contributed by atoms with Crippen LogP contribution in [0.25, 0.3) is 0 Å². The second-order valence-electron chi connectivity index (χ2n) is 6.42. The summed E-state index contributed by atoms with van der Waals surface area (Å²) >= 11 is 1.26. The Morgan fingerprint density at radius 3 is 2.65 bits per heavy atom. The van der Waals surface area contributed by atoms with E-state index in [1.54, 1.807) is 31.4 Å². The highest BCUT2D eigenvalue weighted by Crippen LogP contribution is 2.32. The van der Waals surface area contributed by atoms with Gasteiger partial charge in [0.2, 0.25) is 5.91 Å². The molecule has 2 N–H and O–H groups in total. The molecule has 0 spiro atoms. The summed E-state index contributed by atoms with van der Waals surface area (Å²) in [6.45, 7) is 0. The van der Waals surface area contributed by atoms with Gasteiger partial charge in [-0.15, -0.1) is 0 Å². The van der Waals surface area contributed by atoms with Gasteiger partial charge in [0.15, 0.2) is 0 Å². The summed E-state index contributed by atoms with van der Waals surface area (Å²) in [5, 5.41) is 6.65. The number of esters is 1. The Kier molecular flexibility index (Phi) is 7.55. The standard InChI is InChI=1S/C22H23N3O5S/c1-28-15-8-9-19(29-2)18(12-15)24-20(26)13-31-21-10-14(11-22(27)30-3)23-16-6-4-5-7-17(16)25-21/h4-10,12,23H,11,13H2,1-3H3,(H,24,26). The molecule has 8 nitrogen and oxygen atoms in total. The van der Waals surface area contributed by atoms with Gasteiger partial charge in [-0.25, -0.2) is 4.99 Å². The van der Waals surface area contributed by atoms with Crippen molar-refractivity contribution in [3.05, 3.63) is 54.2 Å². The molecule has 0 aliphatic carbocycles. The summed E-state index contributed by atoms with van der Waals surface area (Å²) in [4.78, 5) is 28.9. The summed E-state index contributed by atoms with van der Waals surface area (Å²) in [6.07, 6.45) is 1.82. The molecule has 0 bridgehead atoms. The lowest BCUT2D eigenvalue weighted by molar-refractivity contribution is -0.139. The number of amides is 1. The molecule has 9 heteroatoms. The maximum Gasteiger partial charge on any atom is 0.311 e. The summed E-state index contributed by atoms with van der Waals surface area (Å²) in [5.74, 6) is 0.654. The van der Waals surface area contributed by atoms with Gasteiger partial charge in [-0.05, 0) is 30.3 Å². The summed E-state index contributed by atoms with van der Waals surface area (Å²) in [6, 6.07) is 12.7. The second-order valence-corrected chi connectivity index (χ2v) is 7.41. The number of benzene rings is 2. The number of nitrogens with one attached hydrogen (secondary N) is 2. The van der Waals surface area contributed by atoms with E-state index < -0.39 is 0 Å². The number of rotatable bonds is 7. The Morgan fingerprint density at radius 2 is 1.90 bits per heavy atom. The molecule has 3 rings (SSSR count). The number of nitrogens with zero attached hydrogens (tertiary/aromatic N) is 1. The van der Waals surface area contributed by atoms with Crippen LogP contribution in [-0.4, -0.2) is 44.0 Å². The van der Waals surface area contributed by atoms with E-state index in [4.69, 9.17) is 14.2 Å². The molecule has 0 saturated heterocycles. The Balaban J connectivity index is 1.74. The van der Waals surface area contributed by atoms with Crippen molar-refractivity contribution in [1.29, 1.82) is 0 Å². The molecule has 0 saturated carbocycles. The first kappa shape index (κ1) is 22.2. The first-order chi connectivity index (χ1) is 15.0. The van der Waals surface area contributed by atoms with Gasteiger partial charge in [-0.3, -0.25) is 9.59 Å². The minimum atomic E-state index is -0.370. The minimum absolute atomic E-state index is 0.0671. The number of carbonyl (C=O) groups excluding carboxylic acids is 2. The number of carbonyl (C=O) groups is 2. The number of para-hydroxylation sites is 2. The summed E-state index contributed by atoms with van der Waals surface area (Å²) in [7, 11) is 4.43. The highest BCUT2D eigenvalue weighted by Gasteiger charge is 2.16. The molecule has 1 heterocycles. The fourth-order valence-corrected chi connectivity index (χ4v) is 3.56. The van der Waals surface area contributed by atoms with E-state index in [9.17, 15) is 9.59 Å². The van der Waals surface area contributed by atoms with Crippen molar-refractivity contribution in [2.45, 2.75) is 6.42 Å². The average molecular weight is 442 g/mol. The zero-order chi connectivity index (χ0) is 22.2. The van der Waals surface area contributed by atoms with Gasteiger partial charge in [-0.2, -0.15) is 0 Å². The molecule has 2 aromatic carbocycles. The number of thioether (sulfide) groups is 1. The molecule has 0 atom stereocenters. The maximum atomic E-state index is 12.6. The minimum Gasteiger partial charge on any atom is -0.497 e. The topological polar surface area (TPSA) is 98.3 Å². The van der Waals surface area contributed by atoms with Crippen molar-refractivity contribution in [3.63, 3.8) is 0 Å². The fraction of sp³-hybridized carbons (Fsp3) is 0.227. The van der Waals surface area contributed by atoms with E-state index in [2.05, 4.69) is 15.6 Å².